The minimum Gasteiger partial charge on any atom is -0.465 e. The van der Waals surface area contributed by atoms with Crippen molar-refractivity contribution >= 4 is 5.97 Å². The fourth-order valence-corrected chi connectivity index (χ4v) is 3.05. The van der Waals surface area contributed by atoms with Crippen molar-refractivity contribution in [2.24, 2.45) is 5.41 Å². The Kier molecular flexibility index (Phi) is 3.67. The number of fused-ring (bicyclic) bond motifs is 1. The van der Waals surface area contributed by atoms with Gasteiger partial charge in [-0.3, -0.25) is 10.1 Å². The highest BCUT2D eigenvalue weighted by atomic mass is 16.7. The monoisotopic (exact) mass is 302 g/mol. The molecule has 116 valence electrons. The predicted molar refractivity (Wildman–Crippen MR) is 77.2 cm³/mol. The summed E-state index contributed by atoms with van der Waals surface area (Å²) in [6.07, 6.45) is 0.418. The molecule has 1 N–H and O–H groups in total. The molecule has 0 aliphatic carbocycles. The second-order valence-electron chi connectivity index (χ2n) is 5.75. The topological polar surface area (TPSA) is 80.6 Å². The van der Waals surface area contributed by atoms with Gasteiger partial charge >= 0.3 is 5.97 Å². The van der Waals surface area contributed by atoms with Gasteiger partial charge in [-0.2, -0.15) is 5.26 Å². The van der Waals surface area contributed by atoms with Crippen molar-refractivity contribution in [1.82, 2.24) is 5.32 Å². The molecule has 2 aliphatic heterocycles. The Labute approximate surface area is 129 Å². The minimum absolute atomic E-state index is 0.206. The highest BCUT2D eigenvalue weighted by molar-refractivity contribution is 5.76. The molecular weight excluding hydrogens is 284 g/mol. The van der Waals surface area contributed by atoms with Gasteiger partial charge in [0.1, 0.15) is 6.04 Å². The number of nitrogens with zero attached hydrogens (tertiary/aromatic N) is 1. The van der Waals surface area contributed by atoms with Crippen molar-refractivity contribution in [3.8, 4) is 17.6 Å². The Morgan fingerprint density at radius 2 is 2.27 bits per heavy atom. The molecule has 1 aromatic carbocycles. The van der Waals surface area contributed by atoms with E-state index >= 15 is 0 Å². The molecule has 0 amide bonds. The molecule has 22 heavy (non-hydrogen) atoms. The molecule has 6 nitrogen and oxygen atoms in total. The van der Waals surface area contributed by atoms with Gasteiger partial charge in [0.05, 0.1) is 24.1 Å². The van der Waals surface area contributed by atoms with E-state index in [0.717, 1.165) is 5.56 Å². The molecule has 1 aromatic rings. The summed E-state index contributed by atoms with van der Waals surface area (Å²) >= 11 is 0. The van der Waals surface area contributed by atoms with E-state index in [1.54, 1.807) is 6.92 Å². The lowest BCUT2D eigenvalue weighted by Gasteiger charge is -2.23. The predicted octanol–water partition coefficient (Wildman–Crippen LogP) is 1.91. The van der Waals surface area contributed by atoms with Crippen LogP contribution >= 0.6 is 0 Å². The van der Waals surface area contributed by atoms with Gasteiger partial charge in [-0.1, -0.05) is 6.07 Å². The zero-order valence-electron chi connectivity index (χ0n) is 12.6. The molecule has 2 aliphatic rings. The quantitative estimate of drug-likeness (QED) is 0.859. The summed E-state index contributed by atoms with van der Waals surface area (Å²) in [6.45, 7) is 4.16. The standard InChI is InChI=1S/C16H18N2O4/c1-3-20-15(19)11-7-16(2,8-17)14(18-11)10-4-5-12-13(6-10)22-9-21-12/h4-6,11,14,18H,3,7,9H2,1-2H3/t11-,14-,16-/m0/s1. The highest BCUT2D eigenvalue weighted by Gasteiger charge is 2.48. The average Bonchev–Trinajstić information content (AvgIpc) is 3.11. The molecule has 3 rings (SSSR count). The van der Waals surface area contributed by atoms with Gasteiger partial charge in [-0.25, -0.2) is 0 Å². The summed E-state index contributed by atoms with van der Waals surface area (Å²) < 4.78 is 15.8. The summed E-state index contributed by atoms with van der Waals surface area (Å²) in [5.74, 6) is 1.05. The molecular formula is C16H18N2O4. The Hall–Kier alpha value is -2.26. The Balaban J connectivity index is 1.88. The number of hydrogen-bond donors (Lipinski definition) is 1. The summed E-state index contributed by atoms with van der Waals surface area (Å²) in [6, 6.07) is 7.20. The number of nitriles is 1. The van der Waals surface area contributed by atoms with Gasteiger partial charge < -0.3 is 14.2 Å². The van der Waals surface area contributed by atoms with Crippen LogP contribution in [0, 0.1) is 16.7 Å². The van der Waals surface area contributed by atoms with E-state index in [1.807, 2.05) is 25.1 Å². The third kappa shape index (κ3) is 2.38. The fraction of sp³-hybridized carbons (Fsp3) is 0.500. The number of carbonyl (C=O) groups is 1. The molecule has 0 unspecified atom stereocenters. The number of nitrogens with one attached hydrogen (secondary N) is 1. The van der Waals surface area contributed by atoms with E-state index < -0.39 is 11.5 Å². The lowest BCUT2D eigenvalue weighted by Crippen LogP contribution is -2.34. The maximum absolute atomic E-state index is 12.0. The molecule has 0 spiro atoms. The van der Waals surface area contributed by atoms with E-state index in [0.29, 0.717) is 24.5 Å². The summed E-state index contributed by atoms with van der Waals surface area (Å²) in [4.78, 5) is 12.0. The van der Waals surface area contributed by atoms with Crippen LogP contribution in [-0.2, 0) is 9.53 Å². The SMILES string of the molecule is CCOC(=O)[C@@H]1C[C@@](C)(C#N)[C@H](c2ccc3c(c2)OCO3)N1. The highest BCUT2D eigenvalue weighted by Crippen LogP contribution is 2.45. The number of benzene rings is 1. The van der Waals surface area contributed by atoms with Gasteiger partial charge in [0, 0.05) is 0 Å². The molecule has 0 aromatic heterocycles. The molecule has 1 fully saturated rings. The van der Waals surface area contributed by atoms with E-state index in [2.05, 4.69) is 11.4 Å². The molecule has 0 saturated carbocycles. The van der Waals surface area contributed by atoms with Crippen molar-refractivity contribution < 1.29 is 19.0 Å². The molecule has 1 saturated heterocycles. The normalized spacial score (nSPS) is 29.1. The van der Waals surface area contributed by atoms with Crippen molar-refractivity contribution in [2.75, 3.05) is 13.4 Å². The van der Waals surface area contributed by atoms with Crippen LogP contribution in [0.3, 0.4) is 0 Å². The zero-order valence-corrected chi connectivity index (χ0v) is 12.6. The molecule has 2 heterocycles. The second-order valence-corrected chi connectivity index (χ2v) is 5.75. The number of rotatable bonds is 3. The first-order valence-electron chi connectivity index (χ1n) is 7.31. The van der Waals surface area contributed by atoms with E-state index in [-0.39, 0.29) is 18.8 Å². The van der Waals surface area contributed by atoms with Crippen LogP contribution in [0.1, 0.15) is 31.9 Å². The van der Waals surface area contributed by atoms with Crippen molar-refractivity contribution in [1.29, 1.82) is 5.26 Å². The summed E-state index contributed by atoms with van der Waals surface area (Å²) in [5.41, 5.74) is 0.214. The Morgan fingerprint density at radius 3 is 3.00 bits per heavy atom. The first-order chi connectivity index (χ1) is 10.6. The van der Waals surface area contributed by atoms with E-state index in [1.165, 1.54) is 0 Å². The average molecular weight is 302 g/mol. The molecule has 0 radical (unpaired) electrons. The van der Waals surface area contributed by atoms with Gasteiger partial charge in [0.15, 0.2) is 11.5 Å². The van der Waals surface area contributed by atoms with Crippen LogP contribution in [0.4, 0.5) is 0 Å². The lowest BCUT2D eigenvalue weighted by molar-refractivity contribution is -0.145. The Morgan fingerprint density at radius 1 is 1.50 bits per heavy atom. The molecule has 3 atom stereocenters. The lowest BCUT2D eigenvalue weighted by atomic mass is 9.80. The molecule has 0 bridgehead atoms. The van der Waals surface area contributed by atoms with E-state index in [9.17, 15) is 10.1 Å². The van der Waals surface area contributed by atoms with Gasteiger partial charge in [-0.15, -0.1) is 0 Å². The largest absolute Gasteiger partial charge is 0.465 e. The number of ether oxygens (including phenoxy) is 3. The minimum atomic E-state index is -0.689. The first-order valence-corrected chi connectivity index (χ1v) is 7.31. The fourth-order valence-electron chi connectivity index (χ4n) is 3.05. The summed E-state index contributed by atoms with van der Waals surface area (Å²) in [7, 11) is 0. The number of carbonyl (C=O) groups excluding carboxylic acids is 1. The maximum Gasteiger partial charge on any atom is 0.323 e. The van der Waals surface area contributed by atoms with Crippen LogP contribution in [0.25, 0.3) is 0 Å². The van der Waals surface area contributed by atoms with Crippen molar-refractivity contribution in [2.45, 2.75) is 32.4 Å². The smallest absolute Gasteiger partial charge is 0.323 e. The third-order valence-corrected chi connectivity index (χ3v) is 4.19. The van der Waals surface area contributed by atoms with Crippen LogP contribution in [0.15, 0.2) is 18.2 Å². The third-order valence-electron chi connectivity index (χ3n) is 4.19. The van der Waals surface area contributed by atoms with Crippen molar-refractivity contribution in [3.63, 3.8) is 0 Å². The summed E-state index contributed by atoms with van der Waals surface area (Å²) in [5, 5.41) is 12.8. The van der Waals surface area contributed by atoms with Gasteiger partial charge in [-0.05, 0) is 38.0 Å². The van der Waals surface area contributed by atoms with Gasteiger partial charge in [0.2, 0.25) is 6.79 Å². The van der Waals surface area contributed by atoms with E-state index in [4.69, 9.17) is 14.2 Å². The molecule has 6 heteroatoms. The van der Waals surface area contributed by atoms with Crippen molar-refractivity contribution in [3.05, 3.63) is 23.8 Å². The van der Waals surface area contributed by atoms with Crippen LogP contribution in [0.5, 0.6) is 11.5 Å². The second kappa shape index (κ2) is 5.50. The Bertz CT molecular complexity index is 640. The van der Waals surface area contributed by atoms with Gasteiger partial charge in [0.25, 0.3) is 0 Å². The van der Waals surface area contributed by atoms with Crippen LogP contribution in [0.2, 0.25) is 0 Å². The zero-order chi connectivity index (χ0) is 15.7. The number of hydrogen-bond acceptors (Lipinski definition) is 6. The number of esters is 1. The van der Waals surface area contributed by atoms with Crippen LogP contribution in [-0.4, -0.2) is 25.4 Å². The maximum atomic E-state index is 12.0. The van der Waals surface area contributed by atoms with Crippen LogP contribution < -0.4 is 14.8 Å². The first kappa shape index (κ1) is 14.7.